The number of carbonyl (C=O) groups is 1. The zero-order valence-corrected chi connectivity index (χ0v) is 10.0. The zero-order chi connectivity index (χ0) is 13.1. The van der Waals surface area contributed by atoms with Gasteiger partial charge in [0.2, 0.25) is 5.95 Å². The molecule has 2 aromatic rings. The van der Waals surface area contributed by atoms with Crippen molar-refractivity contribution >= 4 is 17.5 Å². The third-order valence-corrected chi connectivity index (χ3v) is 2.43. The first-order valence-corrected chi connectivity index (χ1v) is 5.20. The summed E-state index contributed by atoms with van der Waals surface area (Å²) in [5.41, 5.74) is 6.57. The van der Waals surface area contributed by atoms with Crippen molar-refractivity contribution in [3.63, 3.8) is 0 Å². The quantitative estimate of drug-likeness (QED) is 0.777. The highest BCUT2D eigenvalue weighted by Gasteiger charge is 2.11. The highest BCUT2D eigenvalue weighted by atomic mass is 16.5. The van der Waals surface area contributed by atoms with Gasteiger partial charge in [0, 0.05) is 12.6 Å². The molecule has 0 fully saturated rings. The number of hydrogen-bond acceptors (Lipinski definition) is 5. The Morgan fingerprint density at radius 3 is 2.83 bits per heavy atom. The molecule has 0 aliphatic rings. The Morgan fingerprint density at radius 1 is 1.50 bits per heavy atom. The minimum Gasteiger partial charge on any atom is -0.495 e. The second-order valence-electron chi connectivity index (χ2n) is 3.62. The molecule has 1 aromatic carbocycles. The summed E-state index contributed by atoms with van der Waals surface area (Å²) in [5, 5.41) is 6.48. The SMILES string of the molecule is COc1ccc(C(=O)Nc2ncnn2C)cc1N. The number of amides is 1. The molecule has 0 unspecified atom stereocenters. The lowest BCUT2D eigenvalue weighted by atomic mass is 10.2. The van der Waals surface area contributed by atoms with Gasteiger partial charge in [0.25, 0.3) is 5.91 Å². The van der Waals surface area contributed by atoms with E-state index in [9.17, 15) is 4.79 Å². The fourth-order valence-electron chi connectivity index (χ4n) is 1.46. The zero-order valence-electron chi connectivity index (χ0n) is 10.0. The lowest BCUT2D eigenvalue weighted by Gasteiger charge is -2.07. The first-order chi connectivity index (χ1) is 8.61. The van der Waals surface area contributed by atoms with E-state index in [1.807, 2.05) is 0 Å². The number of carbonyl (C=O) groups excluding carboxylic acids is 1. The molecule has 0 radical (unpaired) electrons. The topological polar surface area (TPSA) is 95.1 Å². The number of nitrogens with two attached hydrogens (primary N) is 1. The second kappa shape index (κ2) is 4.74. The molecule has 1 amide bonds. The molecule has 1 aromatic heterocycles. The molecule has 7 heteroatoms. The van der Waals surface area contributed by atoms with Crippen molar-refractivity contribution in [3.8, 4) is 5.75 Å². The monoisotopic (exact) mass is 247 g/mol. The van der Waals surface area contributed by atoms with Gasteiger partial charge in [-0.25, -0.2) is 4.68 Å². The molecule has 3 N–H and O–H groups in total. The highest BCUT2D eigenvalue weighted by molar-refractivity contribution is 6.04. The third kappa shape index (κ3) is 2.24. The van der Waals surface area contributed by atoms with Gasteiger partial charge in [-0.2, -0.15) is 10.1 Å². The molecule has 7 nitrogen and oxygen atoms in total. The predicted octanol–water partition coefficient (Wildman–Crippen LogP) is 0.658. The van der Waals surface area contributed by atoms with Crippen molar-refractivity contribution in [1.82, 2.24) is 14.8 Å². The van der Waals surface area contributed by atoms with Crippen molar-refractivity contribution in [1.29, 1.82) is 0 Å². The number of aryl methyl sites for hydroxylation is 1. The summed E-state index contributed by atoms with van der Waals surface area (Å²) in [6.45, 7) is 0. The molecule has 18 heavy (non-hydrogen) atoms. The predicted molar refractivity (Wildman–Crippen MR) is 66.4 cm³/mol. The van der Waals surface area contributed by atoms with E-state index < -0.39 is 0 Å². The van der Waals surface area contributed by atoms with Crippen molar-refractivity contribution in [2.24, 2.45) is 7.05 Å². The Bertz CT molecular complexity index is 579. The van der Waals surface area contributed by atoms with E-state index in [2.05, 4.69) is 15.4 Å². The van der Waals surface area contributed by atoms with Crippen LogP contribution in [0.15, 0.2) is 24.5 Å². The van der Waals surface area contributed by atoms with Crippen LogP contribution >= 0.6 is 0 Å². The van der Waals surface area contributed by atoms with Crippen LogP contribution in [0.3, 0.4) is 0 Å². The number of hydrogen-bond donors (Lipinski definition) is 2. The average molecular weight is 247 g/mol. The van der Waals surface area contributed by atoms with Crippen LogP contribution in [-0.4, -0.2) is 27.8 Å². The number of benzene rings is 1. The molecular weight excluding hydrogens is 234 g/mol. The summed E-state index contributed by atoms with van der Waals surface area (Å²) < 4.78 is 6.48. The lowest BCUT2D eigenvalue weighted by Crippen LogP contribution is -2.15. The maximum Gasteiger partial charge on any atom is 0.258 e. The van der Waals surface area contributed by atoms with E-state index in [0.29, 0.717) is 22.9 Å². The van der Waals surface area contributed by atoms with Crippen LogP contribution in [-0.2, 0) is 7.05 Å². The van der Waals surface area contributed by atoms with Crippen LogP contribution in [0.4, 0.5) is 11.6 Å². The number of nitrogens with zero attached hydrogens (tertiary/aromatic N) is 3. The molecule has 1 heterocycles. The van der Waals surface area contributed by atoms with Gasteiger partial charge >= 0.3 is 0 Å². The van der Waals surface area contributed by atoms with Crippen molar-refractivity contribution in [2.45, 2.75) is 0 Å². The Labute approximate surface area is 104 Å². The van der Waals surface area contributed by atoms with Gasteiger partial charge in [0.05, 0.1) is 12.8 Å². The molecule has 0 atom stereocenters. The smallest absolute Gasteiger partial charge is 0.258 e. The number of nitrogen functional groups attached to an aromatic ring is 1. The molecule has 0 saturated heterocycles. The van der Waals surface area contributed by atoms with Crippen LogP contribution in [0.5, 0.6) is 5.75 Å². The normalized spacial score (nSPS) is 10.1. The molecule has 94 valence electrons. The minimum atomic E-state index is -0.305. The molecule has 0 aliphatic carbocycles. The summed E-state index contributed by atoms with van der Waals surface area (Å²) in [6, 6.07) is 4.81. The van der Waals surface area contributed by atoms with Gasteiger partial charge in [-0.15, -0.1) is 0 Å². The molecule has 0 aliphatic heterocycles. The number of nitrogens with one attached hydrogen (secondary N) is 1. The van der Waals surface area contributed by atoms with Crippen LogP contribution in [0.2, 0.25) is 0 Å². The van der Waals surface area contributed by atoms with Gasteiger partial charge < -0.3 is 10.5 Å². The fourth-order valence-corrected chi connectivity index (χ4v) is 1.46. The van der Waals surface area contributed by atoms with Crippen molar-refractivity contribution < 1.29 is 9.53 Å². The number of methoxy groups -OCH3 is 1. The molecule has 0 bridgehead atoms. The minimum absolute atomic E-state index is 0.305. The standard InChI is InChI=1S/C11H13N5O2/c1-16-11(13-6-14-16)15-10(17)7-3-4-9(18-2)8(12)5-7/h3-6H,12H2,1-2H3,(H,13,14,15,17). The number of anilines is 2. The Balaban J connectivity index is 2.19. The summed E-state index contributed by atoms with van der Waals surface area (Å²) >= 11 is 0. The van der Waals surface area contributed by atoms with Crippen LogP contribution in [0.1, 0.15) is 10.4 Å². The fraction of sp³-hybridized carbons (Fsp3) is 0.182. The number of rotatable bonds is 3. The van der Waals surface area contributed by atoms with E-state index in [4.69, 9.17) is 10.5 Å². The Hall–Kier alpha value is -2.57. The van der Waals surface area contributed by atoms with Crippen molar-refractivity contribution in [2.75, 3.05) is 18.2 Å². The van der Waals surface area contributed by atoms with E-state index in [0.717, 1.165) is 0 Å². The summed E-state index contributed by atoms with van der Waals surface area (Å²) in [6.07, 6.45) is 1.36. The first-order valence-electron chi connectivity index (χ1n) is 5.20. The van der Waals surface area contributed by atoms with Gasteiger partial charge in [-0.05, 0) is 18.2 Å². The highest BCUT2D eigenvalue weighted by Crippen LogP contribution is 2.22. The van der Waals surface area contributed by atoms with Gasteiger partial charge in [-0.3, -0.25) is 10.1 Å². The summed E-state index contributed by atoms with van der Waals surface area (Å²) in [4.78, 5) is 15.8. The molecular formula is C11H13N5O2. The summed E-state index contributed by atoms with van der Waals surface area (Å²) in [7, 11) is 3.20. The second-order valence-corrected chi connectivity index (χ2v) is 3.62. The first kappa shape index (κ1) is 11.9. The number of ether oxygens (including phenoxy) is 1. The summed E-state index contributed by atoms with van der Waals surface area (Å²) in [5.74, 6) is 0.597. The largest absolute Gasteiger partial charge is 0.495 e. The van der Waals surface area contributed by atoms with Crippen molar-refractivity contribution in [3.05, 3.63) is 30.1 Å². The van der Waals surface area contributed by atoms with E-state index >= 15 is 0 Å². The third-order valence-electron chi connectivity index (χ3n) is 2.43. The lowest BCUT2D eigenvalue weighted by molar-refractivity contribution is 0.102. The van der Waals surface area contributed by atoms with E-state index in [1.165, 1.54) is 18.1 Å². The number of aromatic nitrogens is 3. The van der Waals surface area contributed by atoms with E-state index in [1.54, 1.807) is 25.2 Å². The van der Waals surface area contributed by atoms with Crippen LogP contribution < -0.4 is 15.8 Å². The Kier molecular flexibility index (Phi) is 3.13. The molecule has 0 saturated carbocycles. The van der Waals surface area contributed by atoms with Gasteiger partial charge in [-0.1, -0.05) is 0 Å². The van der Waals surface area contributed by atoms with Crippen LogP contribution in [0, 0.1) is 0 Å². The average Bonchev–Trinajstić information content (AvgIpc) is 2.75. The van der Waals surface area contributed by atoms with Gasteiger partial charge in [0.1, 0.15) is 12.1 Å². The Morgan fingerprint density at radius 2 is 2.28 bits per heavy atom. The molecule has 2 rings (SSSR count). The van der Waals surface area contributed by atoms with E-state index in [-0.39, 0.29) is 5.91 Å². The molecule has 0 spiro atoms. The maximum atomic E-state index is 11.9. The maximum absolute atomic E-state index is 11.9. The van der Waals surface area contributed by atoms with Crippen LogP contribution in [0.25, 0.3) is 0 Å². The van der Waals surface area contributed by atoms with Gasteiger partial charge in [0.15, 0.2) is 0 Å².